The molecule has 0 aromatic carbocycles. The van der Waals surface area contributed by atoms with Crippen LogP contribution in [0.4, 0.5) is 5.13 Å². The zero-order valence-electron chi connectivity index (χ0n) is 11.1. The highest BCUT2D eigenvalue weighted by Gasteiger charge is 2.41. The van der Waals surface area contributed by atoms with Crippen molar-refractivity contribution in [2.24, 2.45) is 5.41 Å². The first-order chi connectivity index (χ1) is 9.23. The van der Waals surface area contributed by atoms with Crippen LogP contribution >= 0.6 is 11.3 Å². The molecule has 1 aromatic rings. The van der Waals surface area contributed by atoms with E-state index in [4.69, 9.17) is 4.74 Å². The van der Waals surface area contributed by atoms with E-state index in [2.05, 4.69) is 21.0 Å². The Labute approximate surface area is 116 Å². The van der Waals surface area contributed by atoms with Gasteiger partial charge in [0.2, 0.25) is 5.91 Å². The summed E-state index contributed by atoms with van der Waals surface area (Å²) in [5.74, 6) is 0.652. The van der Waals surface area contributed by atoms with Gasteiger partial charge in [0.15, 0.2) is 5.13 Å². The monoisotopic (exact) mass is 281 g/mol. The average Bonchev–Trinajstić information content (AvgIpc) is 2.96. The SMILES string of the molecule is COCC1(C(=O)Nc2nc(C3CC3)cs2)CCNC1. The molecule has 1 atom stereocenters. The number of carbonyl (C=O) groups is 1. The molecule has 0 bridgehead atoms. The van der Waals surface area contributed by atoms with Crippen molar-refractivity contribution in [1.82, 2.24) is 10.3 Å². The molecule has 2 N–H and O–H groups in total. The smallest absolute Gasteiger partial charge is 0.236 e. The number of aromatic nitrogens is 1. The molecule has 5 nitrogen and oxygen atoms in total. The molecular formula is C13H19N3O2S. The van der Waals surface area contributed by atoms with E-state index in [0.717, 1.165) is 18.7 Å². The van der Waals surface area contributed by atoms with Crippen LogP contribution in [0, 0.1) is 5.41 Å². The summed E-state index contributed by atoms with van der Waals surface area (Å²) in [7, 11) is 1.64. The number of hydrogen-bond acceptors (Lipinski definition) is 5. The van der Waals surface area contributed by atoms with Crippen LogP contribution in [-0.4, -0.2) is 37.7 Å². The lowest BCUT2D eigenvalue weighted by atomic mass is 9.87. The number of anilines is 1. The molecule has 1 aromatic heterocycles. The Balaban J connectivity index is 1.68. The predicted molar refractivity (Wildman–Crippen MR) is 74.5 cm³/mol. The van der Waals surface area contributed by atoms with Gasteiger partial charge in [-0.3, -0.25) is 4.79 Å². The van der Waals surface area contributed by atoms with E-state index in [1.165, 1.54) is 24.2 Å². The first-order valence-corrected chi connectivity index (χ1v) is 7.58. The zero-order valence-corrected chi connectivity index (χ0v) is 11.9. The number of nitrogens with zero attached hydrogens (tertiary/aromatic N) is 1. The number of amides is 1. The molecule has 0 radical (unpaired) electrons. The maximum Gasteiger partial charge on any atom is 0.236 e. The minimum Gasteiger partial charge on any atom is -0.384 e. The van der Waals surface area contributed by atoms with Crippen molar-refractivity contribution in [3.8, 4) is 0 Å². The van der Waals surface area contributed by atoms with Crippen molar-refractivity contribution < 1.29 is 9.53 Å². The molecule has 3 rings (SSSR count). The fourth-order valence-electron chi connectivity index (χ4n) is 2.54. The number of carbonyl (C=O) groups excluding carboxylic acids is 1. The van der Waals surface area contributed by atoms with Crippen LogP contribution in [0.2, 0.25) is 0 Å². The first kappa shape index (κ1) is 13.0. The molecule has 1 saturated carbocycles. The Morgan fingerprint density at radius 2 is 2.53 bits per heavy atom. The van der Waals surface area contributed by atoms with E-state index in [1.807, 2.05) is 0 Å². The molecule has 1 aliphatic heterocycles. The van der Waals surface area contributed by atoms with Crippen molar-refractivity contribution in [3.05, 3.63) is 11.1 Å². The Bertz CT molecular complexity index is 464. The maximum atomic E-state index is 12.5. The van der Waals surface area contributed by atoms with Crippen molar-refractivity contribution in [2.75, 3.05) is 32.1 Å². The zero-order chi connectivity index (χ0) is 13.3. The van der Waals surface area contributed by atoms with Gasteiger partial charge in [0.25, 0.3) is 0 Å². The van der Waals surface area contributed by atoms with Crippen LogP contribution in [0.3, 0.4) is 0 Å². The summed E-state index contributed by atoms with van der Waals surface area (Å²) in [6.07, 6.45) is 3.27. The van der Waals surface area contributed by atoms with Gasteiger partial charge >= 0.3 is 0 Å². The molecule has 2 heterocycles. The van der Waals surface area contributed by atoms with E-state index in [0.29, 0.717) is 24.2 Å². The van der Waals surface area contributed by atoms with Gasteiger partial charge in [-0.15, -0.1) is 11.3 Å². The molecule has 19 heavy (non-hydrogen) atoms. The molecule has 104 valence electrons. The molecule has 2 aliphatic rings. The Morgan fingerprint density at radius 3 is 3.16 bits per heavy atom. The minimum atomic E-state index is -0.444. The summed E-state index contributed by atoms with van der Waals surface area (Å²) in [5, 5.41) is 8.98. The standard InChI is InChI=1S/C13H19N3O2S/c1-18-8-13(4-5-14-7-13)11(17)16-12-15-10(6-19-12)9-2-3-9/h6,9,14H,2-5,7-8H2,1H3,(H,15,16,17). The number of rotatable bonds is 5. The fourth-order valence-corrected chi connectivity index (χ4v) is 3.33. The predicted octanol–water partition coefficient (Wildman–Crippen LogP) is 1.59. The number of hydrogen-bond donors (Lipinski definition) is 2. The maximum absolute atomic E-state index is 12.5. The summed E-state index contributed by atoms with van der Waals surface area (Å²) >= 11 is 1.52. The van der Waals surface area contributed by atoms with Crippen LogP contribution in [0.1, 0.15) is 30.9 Å². The van der Waals surface area contributed by atoms with Crippen LogP contribution in [0.5, 0.6) is 0 Å². The number of methoxy groups -OCH3 is 1. The van der Waals surface area contributed by atoms with E-state index in [9.17, 15) is 4.79 Å². The van der Waals surface area contributed by atoms with Crippen molar-refractivity contribution in [3.63, 3.8) is 0 Å². The molecule has 2 fully saturated rings. The lowest BCUT2D eigenvalue weighted by Crippen LogP contribution is -2.41. The van der Waals surface area contributed by atoms with Crippen LogP contribution in [0.25, 0.3) is 0 Å². The highest BCUT2D eigenvalue weighted by Crippen LogP contribution is 2.41. The summed E-state index contributed by atoms with van der Waals surface area (Å²) in [5.41, 5.74) is 0.686. The third-order valence-corrected chi connectivity index (χ3v) is 4.66. The summed E-state index contributed by atoms with van der Waals surface area (Å²) in [6, 6.07) is 0. The number of ether oxygens (including phenoxy) is 1. The molecule has 1 aliphatic carbocycles. The number of thiazole rings is 1. The summed E-state index contributed by atoms with van der Waals surface area (Å²) < 4.78 is 5.22. The van der Waals surface area contributed by atoms with E-state index < -0.39 is 5.41 Å². The second-order valence-corrected chi connectivity index (χ2v) is 6.30. The Morgan fingerprint density at radius 1 is 1.68 bits per heavy atom. The van der Waals surface area contributed by atoms with E-state index in [1.54, 1.807) is 7.11 Å². The van der Waals surface area contributed by atoms with Gasteiger partial charge in [-0.05, 0) is 25.8 Å². The van der Waals surface area contributed by atoms with E-state index in [-0.39, 0.29) is 5.91 Å². The molecule has 0 spiro atoms. The van der Waals surface area contributed by atoms with Gasteiger partial charge in [-0.25, -0.2) is 4.98 Å². The van der Waals surface area contributed by atoms with Gasteiger partial charge in [0.05, 0.1) is 17.7 Å². The average molecular weight is 281 g/mol. The van der Waals surface area contributed by atoms with Gasteiger partial charge in [-0.2, -0.15) is 0 Å². The van der Waals surface area contributed by atoms with Crippen molar-refractivity contribution >= 4 is 22.4 Å². The Hall–Kier alpha value is -0.980. The third-order valence-electron chi connectivity index (χ3n) is 3.88. The molecular weight excluding hydrogens is 262 g/mol. The topological polar surface area (TPSA) is 63.2 Å². The van der Waals surface area contributed by atoms with Gasteiger partial charge in [0.1, 0.15) is 0 Å². The van der Waals surface area contributed by atoms with Crippen LogP contribution in [-0.2, 0) is 9.53 Å². The second-order valence-electron chi connectivity index (χ2n) is 5.45. The van der Waals surface area contributed by atoms with Gasteiger partial charge in [-0.1, -0.05) is 0 Å². The lowest BCUT2D eigenvalue weighted by Gasteiger charge is -2.25. The van der Waals surface area contributed by atoms with E-state index >= 15 is 0 Å². The molecule has 1 saturated heterocycles. The van der Waals surface area contributed by atoms with Crippen molar-refractivity contribution in [1.29, 1.82) is 0 Å². The van der Waals surface area contributed by atoms with Crippen molar-refractivity contribution in [2.45, 2.75) is 25.2 Å². The Kier molecular flexibility index (Phi) is 3.56. The summed E-state index contributed by atoms with van der Waals surface area (Å²) in [4.78, 5) is 17.0. The molecule has 1 amide bonds. The highest BCUT2D eigenvalue weighted by molar-refractivity contribution is 7.13. The minimum absolute atomic E-state index is 0.0241. The third kappa shape index (κ3) is 2.66. The van der Waals surface area contributed by atoms with Crippen LogP contribution < -0.4 is 10.6 Å². The largest absolute Gasteiger partial charge is 0.384 e. The van der Waals surface area contributed by atoms with Gasteiger partial charge < -0.3 is 15.4 Å². The normalized spacial score (nSPS) is 26.6. The second kappa shape index (κ2) is 5.19. The highest BCUT2D eigenvalue weighted by atomic mass is 32.1. The molecule has 1 unspecified atom stereocenters. The first-order valence-electron chi connectivity index (χ1n) is 6.70. The quantitative estimate of drug-likeness (QED) is 0.860. The summed E-state index contributed by atoms with van der Waals surface area (Å²) in [6.45, 7) is 1.99. The number of nitrogens with one attached hydrogen (secondary N) is 2. The van der Waals surface area contributed by atoms with Crippen LogP contribution in [0.15, 0.2) is 5.38 Å². The lowest BCUT2D eigenvalue weighted by molar-refractivity contribution is -0.127. The fraction of sp³-hybridized carbons (Fsp3) is 0.692. The molecule has 6 heteroatoms. The van der Waals surface area contributed by atoms with Gasteiger partial charge in [0, 0.05) is 25.0 Å².